The van der Waals surface area contributed by atoms with Crippen molar-refractivity contribution in [1.29, 1.82) is 0 Å². The van der Waals surface area contributed by atoms with Crippen molar-refractivity contribution in [2.24, 2.45) is 0 Å². The van der Waals surface area contributed by atoms with Crippen molar-refractivity contribution >= 4 is 35.2 Å². The van der Waals surface area contributed by atoms with Gasteiger partial charge in [0.25, 0.3) is 0 Å². The highest BCUT2D eigenvalue weighted by Gasteiger charge is 2.19. The molecule has 0 bridgehead atoms. The van der Waals surface area contributed by atoms with Crippen LogP contribution >= 0.6 is 0 Å². The lowest BCUT2D eigenvalue weighted by molar-refractivity contribution is -0.144. The van der Waals surface area contributed by atoms with Crippen LogP contribution in [0.3, 0.4) is 0 Å². The molecule has 9 heteroatoms. The number of benzene rings is 1. The lowest BCUT2D eigenvalue weighted by Crippen LogP contribution is -2.48. The van der Waals surface area contributed by atoms with Crippen molar-refractivity contribution in [3.8, 4) is 5.75 Å². The third-order valence-electron chi connectivity index (χ3n) is 3.94. The zero-order chi connectivity index (χ0) is 19.0. The van der Waals surface area contributed by atoms with Gasteiger partial charge in [0.2, 0.25) is 0 Å². The van der Waals surface area contributed by atoms with Crippen molar-refractivity contribution in [3.63, 3.8) is 0 Å². The predicted octanol–water partition coefficient (Wildman–Crippen LogP) is -0.116. The van der Waals surface area contributed by atoms with E-state index < -0.39 is 5.30 Å². The minimum absolute atomic E-state index is 0.164. The summed E-state index contributed by atoms with van der Waals surface area (Å²) < 4.78 is 15.5. The van der Waals surface area contributed by atoms with E-state index in [1.54, 1.807) is 0 Å². The molecule has 0 amide bonds. The fraction of sp³-hybridized carbons (Fsp3) is 0.588. The fourth-order valence-corrected chi connectivity index (χ4v) is 2.68. The summed E-state index contributed by atoms with van der Waals surface area (Å²) in [6.45, 7) is 6.47. The van der Waals surface area contributed by atoms with Gasteiger partial charge in [-0.3, -0.25) is 9.69 Å². The van der Waals surface area contributed by atoms with Crippen molar-refractivity contribution in [1.82, 2.24) is 4.90 Å². The number of esters is 1. The average molecular weight is 352 g/mol. The maximum Gasteiger partial charge on any atom is 0.320 e. The van der Waals surface area contributed by atoms with E-state index in [9.17, 15) is 4.79 Å². The third kappa shape index (κ3) is 7.34. The molecular formula is C17H23B3N2O4. The van der Waals surface area contributed by atoms with Crippen molar-refractivity contribution in [2.75, 3.05) is 57.4 Å². The standard InChI is InChI=1S/C17H23B3N2O4/c1-2-24-16(23)13-21-7-9-22(10-8-21)14-3-5-15(6-4-14)25-11-12-26-17(18,19)20/h3-6H,2,7-13H2,1H3. The van der Waals surface area contributed by atoms with E-state index in [0.29, 0.717) is 19.8 Å². The first-order valence-corrected chi connectivity index (χ1v) is 8.74. The van der Waals surface area contributed by atoms with Gasteiger partial charge in [-0.1, -0.05) is 0 Å². The van der Waals surface area contributed by atoms with Crippen LogP contribution in [0, 0.1) is 0 Å². The summed E-state index contributed by atoms with van der Waals surface area (Å²) in [7, 11) is 15.9. The Morgan fingerprint density at radius 3 is 2.31 bits per heavy atom. The van der Waals surface area contributed by atoms with Gasteiger partial charge in [0.1, 0.15) is 12.4 Å². The van der Waals surface area contributed by atoms with Crippen molar-refractivity contribution in [2.45, 2.75) is 12.2 Å². The number of hydrogen-bond donors (Lipinski definition) is 0. The van der Waals surface area contributed by atoms with E-state index in [-0.39, 0.29) is 12.6 Å². The van der Waals surface area contributed by atoms with Crippen LogP contribution < -0.4 is 9.64 Å². The van der Waals surface area contributed by atoms with Crippen LogP contribution in [0.2, 0.25) is 0 Å². The summed E-state index contributed by atoms with van der Waals surface area (Å²) in [6, 6.07) is 7.83. The van der Waals surface area contributed by atoms with E-state index >= 15 is 0 Å². The smallest absolute Gasteiger partial charge is 0.320 e. The number of nitrogens with zero attached hydrogens (tertiary/aromatic N) is 2. The second kappa shape index (κ2) is 9.93. The quantitative estimate of drug-likeness (QED) is 0.351. The topological polar surface area (TPSA) is 51.2 Å². The maximum absolute atomic E-state index is 11.5. The first-order chi connectivity index (χ1) is 12.4. The molecule has 6 radical (unpaired) electrons. The summed E-state index contributed by atoms with van der Waals surface area (Å²) in [5.41, 5.74) is 1.12. The zero-order valence-corrected chi connectivity index (χ0v) is 15.2. The van der Waals surface area contributed by atoms with Crippen LogP contribution in [0.5, 0.6) is 5.75 Å². The van der Waals surface area contributed by atoms with Gasteiger partial charge in [0.15, 0.2) is 0 Å². The van der Waals surface area contributed by atoms with Crippen LogP contribution in [-0.4, -0.2) is 92.3 Å². The summed E-state index contributed by atoms with van der Waals surface area (Å²) in [5.74, 6) is 0.567. The Labute approximate surface area is 159 Å². The Hall–Kier alpha value is -1.60. The Morgan fingerprint density at radius 2 is 1.73 bits per heavy atom. The highest BCUT2D eigenvalue weighted by atomic mass is 16.5. The highest BCUT2D eigenvalue weighted by Crippen LogP contribution is 2.20. The normalized spacial score (nSPS) is 15.7. The second-order valence-corrected chi connectivity index (χ2v) is 6.11. The first-order valence-electron chi connectivity index (χ1n) is 8.74. The number of carbonyl (C=O) groups excluding carboxylic acids is 1. The van der Waals surface area contributed by atoms with E-state index in [1.165, 1.54) is 0 Å². The minimum atomic E-state index is -1.64. The molecule has 0 spiro atoms. The molecule has 0 saturated carbocycles. The molecule has 0 aromatic heterocycles. The van der Waals surface area contributed by atoms with Gasteiger partial charge in [-0.15, -0.1) is 0 Å². The van der Waals surface area contributed by atoms with Gasteiger partial charge in [0, 0.05) is 31.9 Å². The zero-order valence-electron chi connectivity index (χ0n) is 15.2. The van der Waals surface area contributed by atoms with E-state index in [2.05, 4.69) is 9.80 Å². The van der Waals surface area contributed by atoms with Crippen LogP contribution in [0.15, 0.2) is 24.3 Å². The van der Waals surface area contributed by atoms with Gasteiger partial charge in [-0.25, -0.2) is 0 Å². The number of rotatable bonds is 9. The van der Waals surface area contributed by atoms with Gasteiger partial charge in [-0.2, -0.15) is 0 Å². The van der Waals surface area contributed by atoms with Crippen molar-refractivity contribution < 1.29 is 19.0 Å². The Morgan fingerprint density at radius 1 is 1.08 bits per heavy atom. The number of hydrogen-bond acceptors (Lipinski definition) is 6. The highest BCUT2D eigenvalue weighted by molar-refractivity contribution is 6.58. The van der Waals surface area contributed by atoms with Crippen LogP contribution in [0.4, 0.5) is 5.69 Å². The maximum atomic E-state index is 11.5. The summed E-state index contributed by atoms with van der Waals surface area (Å²) >= 11 is 0. The Balaban J connectivity index is 1.73. The molecule has 1 aliphatic heterocycles. The monoisotopic (exact) mass is 352 g/mol. The number of piperazine rings is 1. The molecule has 1 aromatic rings. The van der Waals surface area contributed by atoms with E-state index in [0.717, 1.165) is 37.6 Å². The van der Waals surface area contributed by atoms with Crippen LogP contribution in [-0.2, 0) is 14.3 Å². The molecule has 134 valence electrons. The van der Waals surface area contributed by atoms with Crippen LogP contribution in [0.1, 0.15) is 6.92 Å². The SMILES string of the molecule is [B]C([B])([B])OCCOc1ccc(N2CCN(CC(=O)OCC)CC2)cc1. The summed E-state index contributed by atoms with van der Waals surface area (Å²) in [5, 5.41) is -1.64. The van der Waals surface area contributed by atoms with E-state index in [1.807, 2.05) is 31.2 Å². The molecule has 2 rings (SSSR count). The second-order valence-electron chi connectivity index (χ2n) is 6.11. The summed E-state index contributed by atoms with van der Waals surface area (Å²) in [6.07, 6.45) is 0. The largest absolute Gasteiger partial charge is 0.491 e. The molecule has 1 aliphatic rings. The number of anilines is 1. The first kappa shape index (κ1) is 20.7. The molecule has 0 atom stereocenters. The van der Waals surface area contributed by atoms with Gasteiger partial charge in [0.05, 0.1) is 43.3 Å². The molecule has 1 aromatic carbocycles. The third-order valence-corrected chi connectivity index (χ3v) is 3.94. The molecule has 26 heavy (non-hydrogen) atoms. The molecule has 0 aliphatic carbocycles. The van der Waals surface area contributed by atoms with Crippen LogP contribution in [0.25, 0.3) is 0 Å². The lowest BCUT2D eigenvalue weighted by atomic mass is 9.52. The number of ether oxygens (including phenoxy) is 3. The molecule has 1 saturated heterocycles. The minimum Gasteiger partial charge on any atom is -0.491 e. The molecular weight excluding hydrogens is 329 g/mol. The lowest BCUT2D eigenvalue weighted by Gasteiger charge is -2.35. The number of carbonyl (C=O) groups is 1. The molecule has 1 fully saturated rings. The fourth-order valence-electron chi connectivity index (χ4n) is 2.68. The van der Waals surface area contributed by atoms with Gasteiger partial charge < -0.3 is 19.1 Å². The molecule has 0 N–H and O–H groups in total. The van der Waals surface area contributed by atoms with E-state index in [4.69, 9.17) is 37.7 Å². The Kier molecular flexibility index (Phi) is 7.91. The molecule has 6 nitrogen and oxygen atoms in total. The molecule has 0 unspecified atom stereocenters. The average Bonchev–Trinajstić information content (AvgIpc) is 2.59. The van der Waals surface area contributed by atoms with Gasteiger partial charge in [-0.05, 0) is 36.5 Å². The predicted molar refractivity (Wildman–Crippen MR) is 103 cm³/mol. The Bertz CT molecular complexity index is 558. The molecule has 1 heterocycles. The summed E-state index contributed by atoms with van der Waals surface area (Å²) in [4.78, 5) is 15.9. The van der Waals surface area contributed by atoms with Crippen molar-refractivity contribution in [3.05, 3.63) is 24.3 Å². The van der Waals surface area contributed by atoms with Gasteiger partial charge >= 0.3 is 5.97 Å².